The summed E-state index contributed by atoms with van der Waals surface area (Å²) in [6.07, 6.45) is -0.575. The molecule has 2 aromatic carbocycles. The van der Waals surface area contributed by atoms with Crippen molar-refractivity contribution >= 4 is 23.1 Å². The number of nitrogens with zero attached hydrogens (tertiary/aromatic N) is 2. The van der Waals surface area contributed by atoms with Crippen LogP contribution in [0.25, 0.3) is 11.0 Å². The van der Waals surface area contributed by atoms with E-state index in [0.717, 1.165) is 5.56 Å². The third kappa shape index (κ3) is 4.56. The lowest BCUT2D eigenvalue weighted by Gasteiger charge is -2.20. The quantitative estimate of drug-likeness (QED) is 0.605. The number of benzene rings is 2. The predicted octanol–water partition coefficient (Wildman–Crippen LogP) is 4.49. The SMILES string of the molecule is COC(=O)c1cc(OCc2ccccc2)c2nc(C)n(C(=O)OC(C)(C)C)c2c1. The van der Waals surface area contributed by atoms with Gasteiger partial charge < -0.3 is 14.2 Å². The van der Waals surface area contributed by atoms with Gasteiger partial charge in [-0.05, 0) is 45.4 Å². The molecule has 0 aliphatic rings. The molecule has 0 unspecified atom stereocenters. The average molecular weight is 396 g/mol. The lowest BCUT2D eigenvalue weighted by molar-refractivity contribution is 0.0537. The zero-order valence-electron chi connectivity index (χ0n) is 17.2. The van der Waals surface area contributed by atoms with Crippen molar-refractivity contribution in [2.45, 2.75) is 39.9 Å². The fourth-order valence-corrected chi connectivity index (χ4v) is 2.88. The molecule has 0 N–H and O–H groups in total. The Morgan fingerprint density at radius 1 is 1.10 bits per heavy atom. The molecule has 0 fully saturated rings. The number of aromatic nitrogens is 2. The largest absolute Gasteiger partial charge is 0.487 e. The summed E-state index contributed by atoms with van der Waals surface area (Å²) in [6, 6.07) is 12.8. The number of aryl methyl sites for hydroxylation is 1. The van der Waals surface area contributed by atoms with Gasteiger partial charge in [0.05, 0.1) is 18.2 Å². The Morgan fingerprint density at radius 3 is 2.41 bits per heavy atom. The summed E-state index contributed by atoms with van der Waals surface area (Å²) < 4.78 is 17.6. The number of imidazole rings is 1. The van der Waals surface area contributed by atoms with Gasteiger partial charge in [0.1, 0.15) is 29.3 Å². The fraction of sp³-hybridized carbons (Fsp3) is 0.318. The topological polar surface area (TPSA) is 79.7 Å². The molecule has 3 rings (SSSR count). The fourth-order valence-electron chi connectivity index (χ4n) is 2.88. The van der Waals surface area contributed by atoms with Crippen LogP contribution in [0.4, 0.5) is 4.79 Å². The molecule has 1 aromatic heterocycles. The van der Waals surface area contributed by atoms with E-state index in [9.17, 15) is 9.59 Å². The Balaban J connectivity index is 2.09. The molecule has 0 amide bonds. The molecule has 0 aliphatic heterocycles. The highest BCUT2D eigenvalue weighted by molar-refractivity contribution is 5.98. The van der Waals surface area contributed by atoms with Crippen molar-refractivity contribution in [3.05, 3.63) is 59.4 Å². The molecule has 0 radical (unpaired) electrons. The van der Waals surface area contributed by atoms with E-state index in [4.69, 9.17) is 14.2 Å². The Bertz CT molecular complexity index is 1050. The number of hydrogen-bond acceptors (Lipinski definition) is 6. The Morgan fingerprint density at radius 2 is 1.79 bits per heavy atom. The summed E-state index contributed by atoms with van der Waals surface area (Å²) in [4.78, 5) is 29.4. The molecule has 0 saturated carbocycles. The molecule has 0 saturated heterocycles. The lowest BCUT2D eigenvalue weighted by atomic mass is 10.1. The van der Waals surface area contributed by atoms with Crippen LogP contribution in [0.2, 0.25) is 0 Å². The molecule has 3 aromatic rings. The van der Waals surface area contributed by atoms with Gasteiger partial charge in [0.15, 0.2) is 0 Å². The second kappa shape index (κ2) is 7.95. The number of fused-ring (bicyclic) bond motifs is 1. The third-order valence-corrected chi connectivity index (χ3v) is 4.13. The Kier molecular flexibility index (Phi) is 5.59. The van der Waals surface area contributed by atoms with Crippen LogP contribution in [-0.2, 0) is 16.1 Å². The molecule has 7 heteroatoms. The molecule has 0 aliphatic carbocycles. The van der Waals surface area contributed by atoms with Crippen molar-refractivity contribution < 1.29 is 23.8 Å². The van der Waals surface area contributed by atoms with Crippen LogP contribution < -0.4 is 4.74 Å². The predicted molar refractivity (Wildman–Crippen MR) is 108 cm³/mol. The van der Waals surface area contributed by atoms with Gasteiger partial charge in [0.25, 0.3) is 0 Å². The van der Waals surface area contributed by atoms with Crippen LogP contribution >= 0.6 is 0 Å². The summed E-state index contributed by atoms with van der Waals surface area (Å²) in [5.74, 6) is 0.282. The van der Waals surface area contributed by atoms with Gasteiger partial charge in [-0.25, -0.2) is 19.1 Å². The first-order valence-electron chi connectivity index (χ1n) is 9.21. The number of esters is 1. The van der Waals surface area contributed by atoms with Crippen LogP contribution in [0.5, 0.6) is 5.75 Å². The van der Waals surface area contributed by atoms with Crippen LogP contribution in [0.1, 0.15) is 42.5 Å². The van der Waals surface area contributed by atoms with Crippen molar-refractivity contribution in [2.75, 3.05) is 7.11 Å². The summed E-state index contributed by atoms with van der Waals surface area (Å²) in [7, 11) is 1.30. The normalized spacial score (nSPS) is 11.3. The maximum absolute atomic E-state index is 12.7. The maximum Gasteiger partial charge on any atom is 0.420 e. The van der Waals surface area contributed by atoms with E-state index in [2.05, 4.69) is 4.98 Å². The third-order valence-electron chi connectivity index (χ3n) is 4.13. The van der Waals surface area contributed by atoms with E-state index in [1.807, 2.05) is 30.3 Å². The van der Waals surface area contributed by atoms with Gasteiger partial charge >= 0.3 is 12.1 Å². The smallest absolute Gasteiger partial charge is 0.420 e. The minimum Gasteiger partial charge on any atom is -0.487 e. The van der Waals surface area contributed by atoms with Crippen molar-refractivity contribution in [1.82, 2.24) is 9.55 Å². The van der Waals surface area contributed by atoms with Gasteiger partial charge in [-0.1, -0.05) is 30.3 Å². The van der Waals surface area contributed by atoms with Gasteiger partial charge in [-0.3, -0.25) is 0 Å². The summed E-state index contributed by atoms with van der Waals surface area (Å²) in [5.41, 5.74) is 1.44. The van der Waals surface area contributed by atoms with Gasteiger partial charge in [-0.15, -0.1) is 0 Å². The van der Waals surface area contributed by atoms with E-state index in [-0.39, 0.29) is 5.56 Å². The molecule has 29 heavy (non-hydrogen) atoms. The van der Waals surface area contributed by atoms with Crippen LogP contribution in [0.15, 0.2) is 42.5 Å². The Hall–Kier alpha value is -3.35. The van der Waals surface area contributed by atoms with Crippen molar-refractivity contribution in [2.24, 2.45) is 0 Å². The first-order valence-corrected chi connectivity index (χ1v) is 9.21. The monoisotopic (exact) mass is 396 g/mol. The van der Waals surface area contributed by atoms with Crippen LogP contribution in [-0.4, -0.2) is 34.3 Å². The summed E-state index contributed by atoms with van der Waals surface area (Å²) in [6.45, 7) is 7.34. The minimum absolute atomic E-state index is 0.257. The summed E-state index contributed by atoms with van der Waals surface area (Å²) >= 11 is 0. The number of rotatable bonds is 4. The van der Waals surface area contributed by atoms with Gasteiger partial charge in [0.2, 0.25) is 0 Å². The first-order chi connectivity index (χ1) is 13.7. The van der Waals surface area contributed by atoms with E-state index < -0.39 is 17.7 Å². The van der Waals surface area contributed by atoms with E-state index in [0.29, 0.717) is 29.2 Å². The Labute approximate surface area is 169 Å². The van der Waals surface area contributed by atoms with E-state index >= 15 is 0 Å². The highest BCUT2D eigenvalue weighted by Crippen LogP contribution is 2.30. The maximum atomic E-state index is 12.7. The van der Waals surface area contributed by atoms with Crippen molar-refractivity contribution in [3.63, 3.8) is 0 Å². The average Bonchev–Trinajstić information content (AvgIpc) is 3.00. The molecule has 7 nitrogen and oxygen atoms in total. The second-order valence-corrected chi connectivity index (χ2v) is 7.58. The second-order valence-electron chi connectivity index (χ2n) is 7.58. The number of hydrogen-bond donors (Lipinski definition) is 0. The minimum atomic E-state index is -0.674. The highest BCUT2D eigenvalue weighted by atomic mass is 16.6. The first kappa shape index (κ1) is 20.4. The number of methoxy groups -OCH3 is 1. The summed E-state index contributed by atoms with van der Waals surface area (Å²) in [5, 5.41) is 0. The number of carbonyl (C=O) groups excluding carboxylic acids is 2. The number of carbonyl (C=O) groups is 2. The standard InChI is InChI=1S/C22H24N2O5/c1-14-23-19-17(24(14)21(26)29-22(2,3)4)11-16(20(25)27-5)12-18(19)28-13-15-9-7-6-8-10-15/h6-12H,13H2,1-5H3. The molecule has 0 bridgehead atoms. The zero-order chi connectivity index (χ0) is 21.2. The zero-order valence-corrected chi connectivity index (χ0v) is 17.2. The molecular formula is C22H24N2O5. The number of ether oxygens (including phenoxy) is 3. The molecule has 1 heterocycles. The molecule has 0 atom stereocenters. The van der Waals surface area contributed by atoms with Crippen LogP contribution in [0, 0.1) is 6.92 Å². The van der Waals surface area contributed by atoms with E-state index in [1.165, 1.54) is 11.7 Å². The highest BCUT2D eigenvalue weighted by Gasteiger charge is 2.24. The van der Waals surface area contributed by atoms with Gasteiger partial charge in [0, 0.05) is 0 Å². The molecular weight excluding hydrogens is 372 g/mol. The van der Waals surface area contributed by atoms with Crippen molar-refractivity contribution in [1.29, 1.82) is 0 Å². The lowest BCUT2D eigenvalue weighted by Crippen LogP contribution is -2.27. The van der Waals surface area contributed by atoms with E-state index in [1.54, 1.807) is 39.8 Å². The van der Waals surface area contributed by atoms with Gasteiger partial charge in [-0.2, -0.15) is 0 Å². The molecule has 0 spiro atoms. The van der Waals surface area contributed by atoms with Crippen molar-refractivity contribution in [3.8, 4) is 5.75 Å². The molecule has 152 valence electrons. The van der Waals surface area contributed by atoms with Crippen LogP contribution in [0.3, 0.4) is 0 Å².